The Hall–Kier alpha value is -0.710. The van der Waals surface area contributed by atoms with Crippen molar-refractivity contribution in [3.05, 3.63) is 0 Å². The van der Waals surface area contributed by atoms with Gasteiger partial charge in [-0.3, -0.25) is 10.1 Å². The van der Waals surface area contributed by atoms with E-state index >= 15 is 0 Å². The Morgan fingerprint density at radius 3 is 2.58 bits per heavy atom. The fourth-order valence-corrected chi connectivity index (χ4v) is 2.12. The van der Waals surface area contributed by atoms with Crippen LogP contribution in [-0.2, 0) is 4.79 Å². The highest BCUT2D eigenvalue weighted by Crippen LogP contribution is 2.45. The summed E-state index contributed by atoms with van der Waals surface area (Å²) in [6.45, 7) is 0. The molecule has 2 rings (SSSR count). The van der Waals surface area contributed by atoms with E-state index in [1.54, 1.807) is 0 Å². The average Bonchev–Trinajstić information content (AvgIpc) is 2.40. The quantitative estimate of drug-likeness (QED) is 0.611. The number of hydrogen-bond donors (Lipinski definition) is 2. The van der Waals surface area contributed by atoms with E-state index < -0.39 is 24.0 Å². The number of hydrogen-bond acceptors (Lipinski definition) is 2. The zero-order valence-corrected chi connectivity index (χ0v) is 6.26. The van der Waals surface area contributed by atoms with Crippen LogP contribution in [0.4, 0.5) is 8.78 Å². The van der Waals surface area contributed by atoms with Gasteiger partial charge in [-0.05, 0) is 12.3 Å². The van der Waals surface area contributed by atoms with Gasteiger partial charge in [-0.1, -0.05) is 0 Å². The number of piperidine rings is 1. The maximum atomic E-state index is 12.8. The molecule has 12 heavy (non-hydrogen) atoms. The SMILES string of the molecule is O=C(O)[C@@H]1N[C@@H]2C[C@H]1CC2(F)F. The monoisotopic (exact) mass is 177 g/mol. The Labute approximate surface area is 67.8 Å². The van der Waals surface area contributed by atoms with Crippen molar-refractivity contribution < 1.29 is 18.7 Å². The largest absolute Gasteiger partial charge is 0.480 e. The van der Waals surface area contributed by atoms with Gasteiger partial charge in [0, 0.05) is 6.42 Å². The Bertz CT molecular complexity index is 231. The first kappa shape index (κ1) is 7.91. The number of carboxylic acid groups (broad SMARTS) is 1. The van der Waals surface area contributed by atoms with E-state index in [9.17, 15) is 13.6 Å². The van der Waals surface area contributed by atoms with Gasteiger partial charge < -0.3 is 5.11 Å². The fraction of sp³-hybridized carbons (Fsp3) is 0.857. The van der Waals surface area contributed by atoms with Gasteiger partial charge in [-0.2, -0.15) is 0 Å². The molecule has 2 bridgehead atoms. The first-order chi connectivity index (χ1) is 5.50. The molecule has 5 heteroatoms. The van der Waals surface area contributed by atoms with Crippen LogP contribution >= 0.6 is 0 Å². The summed E-state index contributed by atoms with van der Waals surface area (Å²) in [6.07, 6.45) is 0.0194. The van der Waals surface area contributed by atoms with Crippen LogP contribution in [-0.4, -0.2) is 29.1 Å². The lowest BCUT2D eigenvalue weighted by Gasteiger charge is -2.26. The first-order valence-corrected chi connectivity index (χ1v) is 3.87. The molecule has 1 aliphatic carbocycles. The molecular formula is C7H9F2NO2. The predicted molar refractivity (Wildman–Crippen MR) is 36.0 cm³/mol. The zero-order chi connectivity index (χ0) is 8.93. The van der Waals surface area contributed by atoms with Gasteiger partial charge in [0.2, 0.25) is 0 Å². The number of fused-ring (bicyclic) bond motifs is 2. The summed E-state index contributed by atoms with van der Waals surface area (Å²) in [5.41, 5.74) is 0. The molecule has 3 nitrogen and oxygen atoms in total. The van der Waals surface area contributed by atoms with Crippen molar-refractivity contribution in [2.75, 3.05) is 0 Å². The highest BCUT2D eigenvalue weighted by molar-refractivity contribution is 5.74. The minimum Gasteiger partial charge on any atom is -0.480 e. The molecule has 1 aliphatic heterocycles. The number of rotatable bonds is 1. The van der Waals surface area contributed by atoms with Crippen molar-refractivity contribution in [2.24, 2.45) is 5.92 Å². The molecule has 0 amide bonds. The number of carboxylic acids is 1. The van der Waals surface area contributed by atoms with Gasteiger partial charge in [-0.15, -0.1) is 0 Å². The summed E-state index contributed by atoms with van der Waals surface area (Å²) in [4.78, 5) is 10.5. The van der Waals surface area contributed by atoms with E-state index in [0.29, 0.717) is 6.42 Å². The second kappa shape index (κ2) is 2.16. The maximum absolute atomic E-state index is 12.8. The Morgan fingerprint density at radius 1 is 1.58 bits per heavy atom. The van der Waals surface area contributed by atoms with Gasteiger partial charge >= 0.3 is 5.97 Å². The van der Waals surface area contributed by atoms with Crippen molar-refractivity contribution >= 4 is 5.97 Å². The number of alkyl halides is 2. The third-order valence-electron chi connectivity index (χ3n) is 2.70. The minimum atomic E-state index is -2.70. The lowest BCUT2D eigenvalue weighted by atomic mass is 9.99. The lowest BCUT2D eigenvalue weighted by molar-refractivity contribution is -0.142. The van der Waals surface area contributed by atoms with Crippen molar-refractivity contribution in [3.63, 3.8) is 0 Å². The summed E-state index contributed by atoms with van der Waals surface area (Å²) in [5.74, 6) is -4.10. The van der Waals surface area contributed by atoms with Crippen LogP contribution in [0.15, 0.2) is 0 Å². The lowest BCUT2D eigenvalue weighted by Crippen LogP contribution is -2.50. The molecule has 3 atom stereocenters. The van der Waals surface area contributed by atoms with Crippen molar-refractivity contribution in [3.8, 4) is 0 Å². The van der Waals surface area contributed by atoms with Gasteiger partial charge in [0.15, 0.2) is 0 Å². The Kier molecular flexibility index (Phi) is 1.42. The predicted octanol–water partition coefficient (Wildman–Crippen LogP) is 0.457. The Morgan fingerprint density at radius 2 is 2.25 bits per heavy atom. The standard InChI is InChI=1S/C7H9F2NO2/c8-7(9)2-3-1-4(7)10-5(3)6(11)12/h3-5,10H,1-2H2,(H,11,12)/t3-,4+,5+/m0/s1. The van der Waals surface area contributed by atoms with Crippen LogP contribution < -0.4 is 5.32 Å². The molecule has 1 heterocycles. The molecule has 1 saturated heterocycles. The second-order valence-electron chi connectivity index (χ2n) is 3.50. The van der Waals surface area contributed by atoms with E-state index in [0.717, 1.165) is 0 Å². The fourth-order valence-electron chi connectivity index (χ4n) is 2.12. The summed E-state index contributed by atoms with van der Waals surface area (Å²) >= 11 is 0. The van der Waals surface area contributed by atoms with Crippen molar-refractivity contribution in [1.29, 1.82) is 0 Å². The van der Waals surface area contributed by atoms with E-state index in [-0.39, 0.29) is 12.3 Å². The molecule has 2 aliphatic rings. The first-order valence-electron chi connectivity index (χ1n) is 3.87. The zero-order valence-electron chi connectivity index (χ0n) is 6.26. The second-order valence-corrected chi connectivity index (χ2v) is 3.50. The molecule has 0 radical (unpaired) electrons. The topological polar surface area (TPSA) is 49.3 Å². The smallest absolute Gasteiger partial charge is 0.320 e. The third kappa shape index (κ3) is 0.924. The van der Waals surface area contributed by atoms with Crippen LogP contribution in [0.25, 0.3) is 0 Å². The number of halogens is 2. The van der Waals surface area contributed by atoms with E-state index in [1.165, 1.54) is 0 Å². The molecule has 2 fully saturated rings. The highest BCUT2D eigenvalue weighted by atomic mass is 19.3. The average molecular weight is 177 g/mol. The maximum Gasteiger partial charge on any atom is 0.320 e. The van der Waals surface area contributed by atoms with Gasteiger partial charge in [-0.25, -0.2) is 8.78 Å². The molecular weight excluding hydrogens is 168 g/mol. The van der Waals surface area contributed by atoms with Crippen molar-refractivity contribution in [1.82, 2.24) is 5.32 Å². The highest BCUT2D eigenvalue weighted by Gasteiger charge is 2.58. The molecule has 0 unspecified atom stereocenters. The Balaban J connectivity index is 2.13. The number of aliphatic carboxylic acids is 1. The van der Waals surface area contributed by atoms with Crippen LogP contribution in [0.1, 0.15) is 12.8 Å². The molecule has 68 valence electrons. The van der Waals surface area contributed by atoms with Gasteiger partial charge in [0.1, 0.15) is 6.04 Å². The van der Waals surface area contributed by atoms with E-state index in [2.05, 4.69) is 5.32 Å². The summed E-state index contributed by atoms with van der Waals surface area (Å²) < 4.78 is 25.6. The number of carbonyl (C=O) groups is 1. The molecule has 0 aromatic heterocycles. The van der Waals surface area contributed by atoms with Gasteiger partial charge in [0.05, 0.1) is 6.04 Å². The molecule has 2 N–H and O–H groups in total. The summed E-state index contributed by atoms with van der Waals surface area (Å²) in [7, 11) is 0. The third-order valence-corrected chi connectivity index (χ3v) is 2.70. The van der Waals surface area contributed by atoms with E-state index in [4.69, 9.17) is 5.11 Å². The summed E-state index contributed by atoms with van der Waals surface area (Å²) in [6, 6.07) is -1.67. The molecule has 0 aromatic carbocycles. The van der Waals surface area contributed by atoms with Crippen LogP contribution in [0, 0.1) is 5.92 Å². The van der Waals surface area contributed by atoms with Crippen LogP contribution in [0.2, 0.25) is 0 Å². The minimum absolute atomic E-state index is 0.276. The van der Waals surface area contributed by atoms with Gasteiger partial charge in [0.25, 0.3) is 5.92 Å². The van der Waals surface area contributed by atoms with E-state index in [1.807, 2.05) is 0 Å². The molecule has 0 aromatic rings. The van der Waals surface area contributed by atoms with Crippen LogP contribution in [0.3, 0.4) is 0 Å². The summed E-state index contributed by atoms with van der Waals surface area (Å²) in [5, 5.41) is 11.0. The van der Waals surface area contributed by atoms with Crippen molar-refractivity contribution in [2.45, 2.75) is 30.8 Å². The number of nitrogens with one attached hydrogen (secondary N) is 1. The normalized spacial score (nSPS) is 43.3. The molecule has 1 saturated carbocycles. The van der Waals surface area contributed by atoms with Crippen LogP contribution in [0.5, 0.6) is 0 Å². The molecule has 0 spiro atoms.